The zero-order valence-electron chi connectivity index (χ0n) is 14.1. The number of fused-ring (bicyclic) bond motifs is 3. The molecule has 4 aromatic heterocycles. The lowest BCUT2D eigenvalue weighted by atomic mass is 10.0. The number of hydrogen-bond acceptors (Lipinski definition) is 4. The lowest BCUT2D eigenvalue weighted by Gasteiger charge is -2.12. The van der Waals surface area contributed by atoms with Crippen molar-refractivity contribution < 1.29 is 4.79 Å². The number of carbonyl (C=O) groups excluding carboxylic acids is 1. The number of hydrogen-bond donors (Lipinski definition) is 0. The zero-order valence-corrected chi connectivity index (χ0v) is 14.9. The molecule has 0 saturated heterocycles. The van der Waals surface area contributed by atoms with Crippen molar-refractivity contribution in [2.45, 2.75) is 0 Å². The molecular formula is C21H13N3O2S. The second-order valence-electron chi connectivity index (χ2n) is 6.16. The van der Waals surface area contributed by atoms with E-state index in [4.69, 9.17) is 0 Å². The van der Waals surface area contributed by atoms with Gasteiger partial charge in [-0.25, -0.2) is 4.98 Å². The molecule has 0 fully saturated rings. The summed E-state index contributed by atoms with van der Waals surface area (Å²) in [6.45, 7) is 0. The van der Waals surface area contributed by atoms with E-state index in [9.17, 15) is 9.59 Å². The van der Waals surface area contributed by atoms with Crippen molar-refractivity contribution in [1.82, 2.24) is 14.0 Å². The highest BCUT2D eigenvalue weighted by Crippen LogP contribution is 2.29. The highest BCUT2D eigenvalue weighted by Gasteiger charge is 2.19. The molecule has 0 unspecified atom stereocenters. The average molecular weight is 371 g/mol. The van der Waals surface area contributed by atoms with Gasteiger partial charge < -0.3 is 0 Å². The van der Waals surface area contributed by atoms with Gasteiger partial charge in [0.15, 0.2) is 0 Å². The van der Waals surface area contributed by atoms with Gasteiger partial charge in [-0.2, -0.15) is 0 Å². The number of aromatic nitrogens is 3. The zero-order chi connectivity index (χ0) is 18.4. The van der Waals surface area contributed by atoms with Crippen molar-refractivity contribution in [3.05, 3.63) is 94.7 Å². The Bertz CT molecular complexity index is 1350. The van der Waals surface area contributed by atoms with Crippen molar-refractivity contribution in [3.63, 3.8) is 0 Å². The van der Waals surface area contributed by atoms with Gasteiger partial charge in [-0.1, -0.05) is 30.3 Å². The van der Waals surface area contributed by atoms with Crippen molar-refractivity contribution >= 4 is 32.8 Å². The lowest BCUT2D eigenvalue weighted by molar-refractivity contribution is 0.0961. The Kier molecular flexibility index (Phi) is 3.51. The molecule has 6 heteroatoms. The first-order valence-corrected chi connectivity index (χ1v) is 9.25. The molecule has 5 rings (SSSR count). The fourth-order valence-corrected chi connectivity index (χ4v) is 4.26. The quantitative estimate of drug-likeness (QED) is 0.470. The molecule has 1 aromatic carbocycles. The van der Waals surface area contributed by atoms with Gasteiger partial charge in [-0.05, 0) is 34.5 Å². The van der Waals surface area contributed by atoms with E-state index in [1.807, 2.05) is 47.8 Å². The maximum absolute atomic E-state index is 13.2. The van der Waals surface area contributed by atoms with Gasteiger partial charge in [0.2, 0.25) is 0 Å². The van der Waals surface area contributed by atoms with E-state index in [1.165, 1.54) is 22.2 Å². The third-order valence-electron chi connectivity index (χ3n) is 4.60. The van der Waals surface area contributed by atoms with Gasteiger partial charge in [-0.15, -0.1) is 11.3 Å². The first-order valence-electron chi connectivity index (χ1n) is 8.38. The van der Waals surface area contributed by atoms with Crippen LogP contribution in [0.3, 0.4) is 0 Å². The monoisotopic (exact) mass is 371 g/mol. The molecule has 4 heterocycles. The lowest BCUT2D eigenvalue weighted by Crippen LogP contribution is -2.21. The molecule has 0 radical (unpaired) electrons. The van der Waals surface area contributed by atoms with Crippen LogP contribution in [0.25, 0.3) is 26.7 Å². The minimum Gasteiger partial charge on any atom is -0.281 e. The van der Waals surface area contributed by atoms with Crippen LogP contribution < -0.4 is 5.56 Å². The van der Waals surface area contributed by atoms with Crippen LogP contribution in [0, 0.1) is 0 Å². The molecule has 0 bridgehead atoms. The molecule has 0 N–H and O–H groups in total. The van der Waals surface area contributed by atoms with Gasteiger partial charge in [0.1, 0.15) is 6.33 Å². The minimum atomic E-state index is -0.219. The fraction of sp³-hybridized carbons (Fsp3) is 0. The topological polar surface area (TPSA) is 56.4 Å². The van der Waals surface area contributed by atoms with Gasteiger partial charge in [0.25, 0.3) is 11.5 Å². The van der Waals surface area contributed by atoms with E-state index < -0.39 is 0 Å². The molecular weight excluding hydrogens is 358 g/mol. The third-order valence-corrected chi connectivity index (χ3v) is 5.54. The number of carbonyl (C=O) groups is 1. The third kappa shape index (κ3) is 2.42. The predicted octanol–water partition coefficient (Wildman–Crippen LogP) is 4.07. The van der Waals surface area contributed by atoms with Crippen LogP contribution in [-0.2, 0) is 0 Å². The molecule has 0 amide bonds. The number of rotatable bonds is 2. The van der Waals surface area contributed by atoms with E-state index in [0.717, 1.165) is 15.6 Å². The van der Waals surface area contributed by atoms with Crippen molar-refractivity contribution in [3.8, 4) is 11.1 Å². The fourth-order valence-electron chi connectivity index (χ4n) is 3.31. The summed E-state index contributed by atoms with van der Waals surface area (Å²) in [7, 11) is 0. The van der Waals surface area contributed by atoms with Crippen LogP contribution >= 0.6 is 11.3 Å². The standard InChI is InChI=1S/C21H13N3O2S/c25-20(23-10-8-22-13-23)17-12-16(14-4-2-1-3-5-14)21(26)24-9-6-15-7-11-27-19(15)18(17)24/h1-13H. The summed E-state index contributed by atoms with van der Waals surface area (Å²) < 4.78 is 3.92. The Hall–Kier alpha value is -3.51. The first-order chi connectivity index (χ1) is 13.2. The second-order valence-corrected chi connectivity index (χ2v) is 7.07. The van der Waals surface area contributed by atoms with Crippen LogP contribution in [0.2, 0.25) is 0 Å². The molecule has 0 aliphatic heterocycles. The van der Waals surface area contributed by atoms with Crippen LogP contribution in [0.4, 0.5) is 0 Å². The molecule has 0 aliphatic rings. The second kappa shape index (κ2) is 6.03. The highest BCUT2D eigenvalue weighted by molar-refractivity contribution is 7.18. The van der Waals surface area contributed by atoms with Crippen molar-refractivity contribution in [1.29, 1.82) is 0 Å². The molecule has 130 valence electrons. The maximum atomic E-state index is 13.2. The average Bonchev–Trinajstić information content (AvgIpc) is 3.40. The Morgan fingerprint density at radius 1 is 1.04 bits per heavy atom. The Balaban J connectivity index is 1.93. The van der Waals surface area contributed by atoms with Crippen molar-refractivity contribution in [2.24, 2.45) is 0 Å². The van der Waals surface area contributed by atoms with Crippen LogP contribution in [0.15, 0.2) is 83.6 Å². The SMILES string of the molecule is O=C(c1cc(-c2ccccc2)c(=O)n2ccc3ccsc3c12)n1ccnc1. The molecule has 0 aliphatic carbocycles. The van der Waals surface area contributed by atoms with E-state index in [0.29, 0.717) is 16.6 Å². The van der Waals surface area contributed by atoms with E-state index >= 15 is 0 Å². The van der Waals surface area contributed by atoms with Gasteiger partial charge in [-0.3, -0.25) is 18.6 Å². The van der Waals surface area contributed by atoms with Gasteiger partial charge in [0.05, 0.1) is 15.8 Å². The summed E-state index contributed by atoms with van der Waals surface area (Å²) in [5.74, 6) is -0.219. The van der Waals surface area contributed by atoms with Crippen molar-refractivity contribution in [2.75, 3.05) is 0 Å². The molecule has 27 heavy (non-hydrogen) atoms. The normalized spacial score (nSPS) is 11.3. The summed E-state index contributed by atoms with van der Waals surface area (Å²) in [5, 5.41) is 2.97. The van der Waals surface area contributed by atoms with Gasteiger partial charge in [0, 0.05) is 24.2 Å². The van der Waals surface area contributed by atoms with Crippen LogP contribution in [0.5, 0.6) is 0 Å². The van der Waals surface area contributed by atoms with Gasteiger partial charge >= 0.3 is 0 Å². The maximum Gasteiger partial charge on any atom is 0.265 e. The number of nitrogens with zero attached hydrogens (tertiary/aromatic N) is 3. The molecule has 5 nitrogen and oxygen atoms in total. The largest absolute Gasteiger partial charge is 0.281 e. The van der Waals surface area contributed by atoms with Crippen LogP contribution in [-0.4, -0.2) is 19.9 Å². The molecule has 0 atom stereocenters. The summed E-state index contributed by atoms with van der Waals surface area (Å²) in [4.78, 5) is 30.4. The summed E-state index contributed by atoms with van der Waals surface area (Å²) in [6.07, 6.45) is 6.39. The predicted molar refractivity (Wildman–Crippen MR) is 106 cm³/mol. The molecule has 5 aromatic rings. The number of benzene rings is 1. The van der Waals surface area contributed by atoms with Crippen LogP contribution in [0.1, 0.15) is 10.4 Å². The smallest absolute Gasteiger partial charge is 0.265 e. The van der Waals surface area contributed by atoms with E-state index in [-0.39, 0.29) is 11.5 Å². The highest BCUT2D eigenvalue weighted by atomic mass is 32.1. The number of thiophene rings is 1. The Labute approximate surface area is 157 Å². The summed E-state index contributed by atoms with van der Waals surface area (Å²) in [6, 6.07) is 15.0. The minimum absolute atomic E-state index is 0.145. The first kappa shape index (κ1) is 15.7. The Morgan fingerprint density at radius 3 is 2.67 bits per heavy atom. The molecule has 0 saturated carbocycles. The summed E-state index contributed by atoms with van der Waals surface area (Å²) in [5.41, 5.74) is 2.23. The number of imidazole rings is 1. The Morgan fingerprint density at radius 2 is 1.89 bits per heavy atom. The summed E-state index contributed by atoms with van der Waals surface area (Å²) >= 11 is 1.52. The van der Waals surface area contributed by atoms with E-state index in [2.05, 4.69) is 4.98 Å². The number of pyridine rings is 2. The molecule has 0 spiro atoms. The van der Waals surface area contributed by atoms with E-state index in [1.54, 1.807) is 29.1 Å².